The van der Waals surface area contributed by atoms with Gasteiger partial charge in [-0.2, -0.15) is 0 Å². The van der Waals surface area contributed by atoms with E-state index in [1.165, 1.54) is 0 Å². The van der Waals surface area contributed by atoms with E-state index in [9.17, 15) is 9.59 Å². The number of carbonyl (C=O) groups is 2. The van der Waals surface area contributed by atoms with Gasteiger partial charge in [-0.3, -0.25) is 9.59 Å². The van der Waals surface area contributed by atoms with Crippen molar-refractivity contribution in [2.45, 2.75) is 59.5 Å². The molecule has 0 heterocycles. The highest BCUT2D eigenvalue weighted by Gasteiger charge is 2.25. The molecule has 122 valence electrons. The van der Waals surface area contributed by atoms with Crippen molar-refractivity contribution in [2.75, 3.05) is 6.54 Å². The van der Waals surface area contributed by atoms with Gasteiger partial charge in [0.15, 0.2) is 0 Å². The van der Waals surface area contributed by atoms with E-state index in [2.05, 4.69) is 11.4 Å². The Morgan fingerprint density at radius 2 is 1.95 bits per heavy atom. The normalized spacial score (nSPS) is 11.8. The third-order valence-electron chi connectivity index (χ3n) is 3.62. The van der Waals surface area contributed by atoms with Crippen LogP contribution in [0.1, 0.15) is 51.2 Å². The third kappa shape index (κ3) is 5.51. The lowest BCUT2D eigenvalue weighted by Gasteiger charge is -2.29. The lowest BCUT2D eigenvalue weighted by Crippen LogP contribution is -2.47. The standard InChI is InChI=1S/C18H28N2O2/c1-5-8-17(21)20(15(4)18(22)19-11-6-2)13-16-10-7-9-14(3)12-16/h7,9-10,12,15H,5-6,8,11,13H2,1-4H3,(H,19,22)/t15-/m0/s1. The maximum atomic E-state index is 12.4. The smallest absolute Gasteiger partial charge is 0.242 e. The Hall–Kier alpha value is -1.84. The molecule has 0 saturated heterocycles. The summed E-state index contributed by atoms with van der Waals surface area (Å²) >= 11 is 0. The molecule has 0 aliphatic heterocycles. The van der Waals surface area contributed by atoms with E-state index in [1.807, 2.05) is 39.0 Å². The highest BCUT2D eigenvalue weighted by molar-refractivity contribution is 5.87. The number of benzene rings is 1. The molecule has 0 unspecified atom stereocenters. The number of hydrogen-bond donors (Lipinski definition) is 1. The van der Waals surface area contributed by atoms with Gasteiger partial charge >= 0.3 is 0 Å². The van der Waals surface area contributed by atoms with Gasteiger partial charge in [0.1, 0.15) is 6.04 Å². The minimum absolute atomic E-state index is 0.0307. The van der Waals surface area contributed by atoms with Crippen molar-refractivity contribution >= 4 is 11.8 Å². The van der Waals surface area contributed by atoms with Crippen LogP contribution in [0.3, 0.4) is 0 Å². The molecule has 2 amide bonds. The zero-order chi connectivity index (χ0) is 16.5. The fourth-order valence-corrected chi connectivity index (χ4v) is 2.34. The van der Waals surface area contributed by atoms with Crippen molar-refractivity contribution in [1.29, 1.82) is 0 Å². The number of nitrogens with one attached hydrogen (secondary N) is 1. The van der Waals surface area contributed by atoms with E-state index in [-0.39, 0.29) is 11.8 Å². The second kappa shape index (κ2) is 9.23. The highest BCUT2D eigenvalue weighted by atomic mass is 16.2. The Morgan fingerprint density at radius 3 is 2.55 bits per heavy atom. The number of amides is 2. The predicted octanol–water partition coefficient (Wildman–Crippen LogP) is 3.04. The van der Waals surface area contributed by atoms with Crippen LogP contribution in [-0.2, 0) is 16.1 Å². The Bertz CT molecular complexity index is 500. The summed E-state index contributed by atoms with van der Waals surface area (Å²) in [6.45, 7) is 8.93. The summed E-state index contributed by atoms with van der Waals surface area (Å²) in [5.74, 6) is -0.0536. The average Bonchev–Trinajstić information content (AvgIpc) is 2.49. The first kappa shape index (κ1) is 18.2. The molecule has 1 aromatic carbocycles. The molecule has 1 rings (SSSR count). The van der Waals surface area contributed by atoms with Crippen LogP contribution in [0.4, 0.5) is 0 Å². The lowest BCUT2D eigenvalue weighted by atomic mass is 10.1. The number of carbonyl (C=O) groups excluding carboxylic acids is 2. The quantitative estimate of drug-likeness (QED) is 0.802. The summed E-state index contributed by atoms with van der Waals surface area (Å²) in [6, 6.07) is 7.61. The van der Waals surface area contributed by atoms with Crippen molar-refractivity contribution in [2.24, 2.45) is 0 Å². The summed E-state index contributed by atoms with van der Waals surface area (Å²) < 4.78 is 0. The van der Waals surface area contributed by atoms with E-state index in [4.69, 9.17) is 0 Å². The number of aryl methyl sites for hydroxylation is 1. The SMILES string of the molecule is CCCNC(=O)[C@H](C)N(Cc1cccc(C)c1)C(=O)CCC. The second-order valence-electron chi connectivity index (χ2n) is 5.73. The lowest BCUT2D eigenvalue weighted by molar-refractivity contribution is -0.140. The van der Waals surface area contributed by atoms with Gasteiger partial charge in [-0.1, -0.05) is 43.7 Å². The monoisotopic (exact) mass is 304 g/mol. The molecule has 0 saturated carbocycles. The summed E-state index contributed by atoms with van der Waals surface area (Å²) in [5, 5.41) is 2.87. The van der Waals surface area contributed by atoms with Crippen LogP contribution in [0.5, 0.6) is 0 Å². The van der Waals surface area contributed by atoms with Crippen LogP contribution in [0, 0.1) is 6.92 Å². The minimum atomic E-state index is -0.453. The van der Waals surface area contributed by atoms with Crippen LogP contribution in [0.15, 0.2) is 24.3 Å². The first-order valence-corrected chi connectivity index (χ1v) is 8.12. The molecular weight excluding hydrogens is 276 g/mol. The highest BCUT2D eigenvalue weighted by Crippen LogP contribution is 2.13. The summed E-state index contributed by atoms with van der Waals surface area (Å²) in [4.78, 5) is 26.3. The van der Waals surface area contributed by atoms with Crippen LogP contribution in [-0.4, -0.2) is 29.3 Å². The second-order valence-corrected chi connectivity index (χ2v) is 5.73. The fraction of sp³-hybridized carbons (Fsp3) is 0.556. The fourth-order valence-electron chi connectivity index (χ4n) is 2.34. The van der Waals surface area contributed by atoms with Crippen molar-refractivity contribution in [3.05, 3.63) is 35.4 Å². The molecule has 4 nitrogen and oxygen atoms in total. The van der Waals surface area contributed by atoms with Crippen molar-refractivity contribution < 1.29 is 9.59 Å². The number of hydrogen-bond acceptors (Lipinski definition) is 2. The van der Waals surface area contributed by atoms with Gasteiger partial charge in [-0.25, -0.2) is 0 Å². The summed E-state index contributed by atoms with van der Waals surface area (Å²) in [6.07, 6.45) is 2.14. The molecule has 0 fully saturated rings. The first-order valence-electron chi connectivity index (χ1n) is 8.12. The van der Waals surface area contributed by atoms with Crippen LogP contribution >= 0.6 is 0 Å². The number of rotatable bonds is 8. The molecule has 0 bridgehead atoms. The van der Waals surface area contributed by atoms with E-state index in [0.29, 0.717) is 19.5 Å². The number of nitrogens with zero attached hydrogens (tertiary/aromatic N) is 1. The Kier molecular flexibility index (Phi) is 7.64. The molecule has 0 aliphatic rings. The summed E-state index contributed by atoms with van der Waals surface area (Å²) in [5.41, 5.74) is 2.21. The molecule has 1 atom stereocenters. The molecule has 0 aromatic heterocycles. The van der Waals surface area contributed by atoms with Gasteiger partial charge in [0.2, 0.25) is 11.8 Å². The molecule has 0 aliphatic carbocycles. The molecule has 4 heteroatoms. The molecule has 1 N–H and O–H groups in total. The predicted molar refractivity (Wildman–Crippen MR) is 89.4 cm³/mol. The minimum Gasteiger partial charge on any atom is -0.354 e. The Labute approximate surface area is 133 Å². The van der Waals surface area contributed by atoms with Crippen molar-refractivity contribution in [3.8, 4) is 0 Å². The van der Waals surface area contributed by atoms with E-state index < -0.39 is 6.04 Å². The van der Waals surface area contributed by atoms with Gasteiger partial charge in [0.25, 0.3) is 0 Å². The van der Waals surface area contributed by atoms with Crippen LogP contribution in [0.2, 0.25) is 0 Å². The maximum absolute atomic E-state index is 12.4. The van der Waals surface area contributed by atoms with Crippen molar-refractivity contribution in [1.82, 2.24) is 10.2 Å². The average molecular weight is 304 g/mol. The van der Waals surface area contributed by atoms with E-state index >= 15 is 0 Å². The summed E-state index contributed by atoms with van der Waals surface area (Å²) in [7, 11) is 0. The van der Waals surface area contributed by atoms with Gasteiger partial charge in [-0.05, 0) is 32.3 Å². The van der Waals surface area contributed by atoms with Crippen LogP contribution in [0.25, 0.3) is 0 Å². The van der Waals surface area contributed by atoms with Crippen molar-refractivity contribution in [3.63, 3.8) is 0 Å². The molecular formula is C18H28N2O2. The molecule has 22 heavy (non-hydrogen) atoms. The topological polar surface area (TPSA) is 49.4 Å². The third-order valence-corrected chi connectivity index (χ3v) is 3.62. The molecule has 0 radical (unpaired) electrons. The Balaban J connectivity index is 2.87. The maximum Gasteiger partial charge on any atom is 0.242 e. The van der Waals surface area contributed by atoms with E-state index in [0.717, 1.165) is 24.0 Å². The Morgan fingerprint density at radius 1 is 1.23 bits per heavy atom. The van der Waals surface area contributed by atoms with Gasteiger partial charge in [0, 0.05) is 19.5 Å². The molecule has 0 spiro atoms. The zero-order valence-corrected chi connectivity index (χ0v) is 14.2. The van der Waals surface area contributed by atoms with Gasteiger partial charge in [0.05, 0.1) is 0 Å². The largest absolute Gasteiger partial charge is 0.354 e. The van der Waals surface area contributed by atoms with Crippen LogP contribution < -0.4 is 5.32 Å². The van der Waals surface area contributed by atoms with Gasteiger partial charge < -0.3 is 10.2 Å². The molecule has 1 aromatic rings. The first-order chi connectivity index (χ1) is 10.5. The zero-order valence-electron chi connectivity index (χ0n) is 14.2. The van der Waals surface area contributed by atoms with E-state index in [1.54, 1.807) is 11.8 Å². The van der Waals surface area contributed by atoms with Gasteiger partial charge in [-0.15, -0.1) is 0 Å².